The van der Waals surface area contributed by atoms with Crippen LogP contribution in [0.5, 0.6) is 23.0 Å². The minimum atomic E-state index is -3.97. The molecule has 0 spiro atoms. The smallest absolute Gasteiger partial charge is 0.262 e. The average Bonchev–Trinajstić information content (AvgIpc) is 2.83. The molecule has 0 bridgehead atoms. The number of benzene rings is 3. The third-order valence-corrected chi connectivity index (χ3v) is 7.50. The summed E-state index contributed by atoms with van der Waals surface area (Å²) in [5, 5.41) is 0. The Morgan fingerprint density at radius 2 is 1.15 bits per heavy atom. The van der Waals surface area contributed by atoms with Crippen LogP contribution in [0.15, 0.2) is 70.5 Å². The molecular weight excluding hydrogens is 484 g/mol. The Bertz CT molecular complexity index is 1370. The van der Waals surface area contributed by atoms with E-state index in [1.165, 1.54) is 77.0 Å². The molecule has 3 rings (SSSR count). The molecule has 0 aliphatic carbocycles. The third-order valence-electron chi connectivity index (χ3n) is 4.74. The maximum absolute atomic E-state index is 12.8. The first-order chi connectivity index (χ1) is 16.1. The summed E-state index contributed by atoms with van der Waals surface area (Å²) >= 11 is 0. The maximum Gasteiger partial charge on any atom is 0.262 e. The van der Waals surface area contributed by atoms with Gasteiger partial charge in [-0.1, -0.05) is 0 Å². The Labute approximate surface area is 198 Å². The fourth-order valence-corrected chi connectivity index (χ4v) is 5.13. The Morgan fingerprint density at radius 3 is 1.74 bits per heavy atom. The van der Waals surface area contributed by atoms with Crippen LogP contribution in [-0.2, 0) is 20.0 Å². The molecule has 0 aliphatic heterocycles. The van der Waals surface area contributed by atoms with Gasteiger partial charge in [0.1, 0.15) is 11.5 Å². The standard InChI is InChI=1S/C22H24N2O8S2/c1-29-16-7-11-19(21(13-16)31-3)24-33(25,26)17-8-5-15(6-9-17)23-34(27,28)18-10-12-20(30-2)22(14-18)32-4/h5-14,23-24H,1-4H3. The van der Waals surface area contributed by atoms with Gasteiger partial charge in [-0.2, -0.15) is 0 Å². The molecule has 2 N–H and O–H groups in total. The summed E-state index contributed by atoms with van der Waals surface area (Å²) in [7, 11) is -2.20. The number of rotatable bonds is 10. The van der Waals surface area contributed by atoms with E-state index in [1.807, 2.05) is 0 Å². The van der Waals surface area contributed by atoms with Gasteiger partial charge in [0.05, 0.1) is 43.9 Å². The fourth-order valence-electron chi connectivity index (χ4n) is 2.99. The summed E-state index contributed by atoms with van der Waals surface area (Å²) in [6.45, 7) is 0. The highest BCUT2D eigenvalue weighted by atomic mass is 32.2. The number of anilines is 2. The third kappa shape index (κ3) is 5.46. The van der Waals surface area contributed by atoms with E-state index < -0.39 is 20.0 Å². The number of methoxy groups -OCH3 is 4. The number of ether oxygens (including phenoxy) is 4. The topological polar surface area (TPSA) is 129 Å². The minimum absolute atomic E-state index is 0.0462. The highest BCUT2D eigenvalue weighted by Gasteiger charge is 2.20. The van der Waals surface area contributed by atoms with Crippen molar-refractivity contribution in [2.75, 3.05) is 37.9 Å². The second kappa shape index (κ2) is 10.1. The molecule has 12 heteroatoms. The van der Waals surface area contributed by atoms with Crippen LogP contribution in [0.2, 0.25) is 0 Å². The summed E-state index contributed by atoms with van der Waals surface area (Å²) in [5.74, 6) is 1.43. The molecule has 3 aromatic carbocycles. The summed E-state index contributed by atoms with van der Waals surface area (Å²) in [6.07, 6.45) is 0. The van der Waals surface area contributed by atoms with Gasteiger partial charge in [-0.3, -0.25) is 9.44 Å². The Kier molecular flexibility index (Phi) is 7.42. The van der Waals surface area contributed by atoms with Gasteiger partial charge in [-0.05, 0) is 48.5 Å². The Balaban J connectivity index is 1.81. The predicted octanol–water partition coefficient (Wildman–Crippen LogP) is 3.32. The van der Waals surface area contributed by atoms with Gasteiger partial charge in [0.15, 0.2) is 11.5 Å². The maximum atomic E-state index is 12.8. The van der Waals surface area contributed by atoms with Gasteiger partial charge < -0.3 is 18.9 Å². The molecule has 0 heterocycles. The van der Waals surface area contributed by atoms with E-state index in [2.05, 4.69) is 9.44 Å². The van der Waals surface area contributed by atoms with Crippen molar-refractivity contribution in [3.63, 3.8) is 0 Å². The monoisotopic (exact) mass is 508 g/mol. The molecule has 3 aromatic rings. The molecule has 0 aromatic heterocycles. The molecule has 0 aliphatic rings. The first-order valence-corrected chi connectivity index (χ1v) is 12.7. The van der Waals surface area contributed by atoms with Crippen LogP contribution in [0, 0.1) is 0 Å². The van der Waals surface area contributed by atoms with E-state index in [4.69, 9.17) is 18.9 Å². The van der Waals surface area contributed by atoms with Crippen molar-refractivity contribution in [3.05, 3.63) is 60.7 Å². The van der Waals surface area contributed by atoms with Crippen LogP contribution in [0.4, 0.5) is 11.4 Å². The van der Waals surface area contributed by atoms with Crippen molar-refractivity contribution in [1.29, 1.82) is 0 Å². The van der Waals surface area contributed by atoms with Crippen molar-refractivity contribution in [3.8, 4) is 23.0 Å². The van der Waals surface area contributed by atoms with Crippen molar-refractivity contribution in [2.45, 2.75) is 9.79 Å². The SMILES string of the molecule is COc1ccc(NS(=O)(=O)c2ccc(NS(=O)(=O)c3ccc(OC)c(OC)c3)cc2)c(OC)c1. The highest BCUT2D eigenvalue weighted by molar-refractivity contribution is 7.93. The molecule has 182 valence electrons. The van der Waals surface area contributed by atoms with E-state index in [0.29, 0.717) is 11.5 Å². The van der Waals surface area contributed by atoms with Crippen LogP contribution < -0.4 is 28.4 Å². The van der Waals surface area contributed by atoms with Gasteiger partial charge >= 0.3 is 0 Å². The first kappa shape index (κ1) is 25.0. The van der Waals surface area contributed by atoms with Crippen molar-refractivity contribution >= 4 is 31.4 Å². The van der Waals surface area contributed by atoms with E-state index in [-0.39, 0.29) is 32.7 Å². The Morgan fingerprint density at radius 1 is 0.559 bits per heavy atom. The number of hydrogen-bond donors (Lipinski definition) is 2. The minimum Gasteiger partial charge on any atom is -0.497 e. The molecule has 0 saturated heterocycles. The lowest BCUT2D eigenvalue weighted by Gasteiger charge is -2.14. The van der Waals surface area contributed by atoms with Gasteiger partial charge in [-0.25, -0.2) is 16.8 Å². The molecule has 0 amide bonds. The summed E-state index contributed by atoms with van der Waals surface area (Å²) in [4.78, 5) is -0.116. The second-order valence-corrected chi connectivity index (χ2v) is 10.2. The van der Waals surface area contributed by atoms with Crippen molar-refractivity contribution in [1.82, 2.24) is 0 Å². The van der Waals surface area contributed by atoms with E-state index in [9.17, 15) is 16.8 Å². The van der Waals surface area contributed by atoms with Gasteiger partial charge in [0, 0.05) is 17.8 Å². The van der Waals surface area contributed by atoms with Gasteiger partial charge in [-0.15, -0.1) is 0 Å². The van der Waals surface area contributed by atoms with Crippen LogP contribution >= 0.6 is 0 Å². The van der Waals surface area contributed by atoms with Gasteiger partial charge in [0.2, 0.25) is 0 Å². The van der Waals surface area contributed by atoms with E-state index in [0.717, 1.165) is 0 Å². The van der Waals surface area contributed by atoms with Crippen molar-refractivity contribution in [2.24, 2.45) is 0 Å². The van der Waals surface area contributed by atoms with Crippen LogP contribution in [0.1, 0.15) is 0 Å². The summed E-state index contributed by atoms with van der Waals surface area (Å²) in [5.41, 5.74) is 0.400. The number of sulfonamides is 2. The molecular formula is C22H24N2O8S2. The van der Waals surface area contributed by atoms with Crippen molar-refractivity contribution < 1.29 is 35.8 Å². The van der Waals surface area contributed by atoms with E-state index >= 15 is 0 Å². The Hall–Kier alpha value is -3.64. The molecule has 0 atom stereocenters. The zero-order valence-electron chi connectivity index (χ0n) is 18.9. The largest absolute Gasteiger partial charge is 0.497 e. The average molecular weight is 509 g/mol. The summed E-state index contributed by atoms with van der Waals surface area (Å²) < 4.78 is 76.6. The number of hydrogen-bond acceptors (Lipinski definition) is 8. The molecule has 34 heavy (non-hydrogen) atoms. The normalized spacial score (nSPS) is 11.4. The zero-order valence-corrected chi connectivity index (χ0v) is 20.5. The fraction of sp³-hybridized carbons (Fsp3) is 0.182. The lowest BCUT2D eigenvalue weighted by molar-refractivity contribution is 0.354. The van der Waals surface area contributed by atoms with E-state index in [1.54, 1.807) is 12.1 Å². The lowest BCUT2D eigenvalue weighted by Crippen LogP contribution is -2.15. The van der Waals surface area contributed by atoms with Crippen LogP contribution in [0.3, 0.4) is 0 Å². The molecule has 0 unspecified atom stereocenters. The number of nitrogens with one attached hydrogen (secondary N) is 2. The molecule has 10 nitrogen and oxygen atoms in total. The van der Waals surface area contributed by atoms with Crippen LogP contribution in [0.25, 0.3) is 0 Å². The first-order valence-electron chi connectivity index (χ1n) is 9.73. The molecule has 0 fully saturated rings. The zero-order chi connectivity index (χ0) is 24.9. The quantitative estimate of drug-likeness (QED) is 0.427. The predicted molar refractivity (Wildman–Crippen MR) is 127 cm³/mol. The van der Waals surface area contributed by atoms with Crippen LogP contribution in [-0.4, -0.2) is 45.3 Å². The second-order valence-electron chi connectivity index (χ2n) is 6.82. The molecule has 0 saturated carbocycles. The lowest BCUT2D eigenvalue weighted by atomic mass is 10.3. The van der Waals surface area contributed by atoms with Gasteiger partial charge in [0.25, 0.3) is 20.0 Å². The summed E-state index contributed by atoms with van der Waals surface area (Å²) in [6, 6.07) is 14.1. The molecule has 0 radical (unpaired) electrons. The highest BCUT2D eigenvalue weighted by Crippen LogP contribution is 2.32.